The fourth-order valence-corrected chi connectivity index (χ4v) is 2.89. The summed E-state index contributed by atoms with van der Waals surface area (Å²) in [7, 11) is 1.78. The lowest BCUT2D eigenvalue weighted by molar-refractivity contribution is 0.0664. The molecule has 1 aliphatic carbocycles. The van der Waals surface area contributed by atoms with Gasteiger partial charge < -0.3 is 10.5 Å². The number of rotatable bonds is 7. The molecular weight excluding hydrogens is 212 g/mol. The Morgan fingerprint density at radius 2 is 1.88 bits per heavy atom. The quantitative estimate of drug-likeness (QED) is 0.744. The molecule has 0 aliphatic heterocycles. The van der Waals surface area contributed by atoms with E-state index in [4.69, 9.17) is 10.5 Å². The molecule has 3 heteroatoms. The summed E-state index contributed by atoms with van der Waals surface area (Å²) < 4.78 is 5.21. The van der Waals surface area contributed by atoms with Gasteiger partial charge in [0.25, 0.3) is 0 Å². The Morgan fingerprint density at radius 3 is 2.35 bits per heavy atom. The molecule has 0 amide bonds. The predicted octanol–water partition coefficient (Wildman–Crippen LogP) is 2.25. The fourth-order valence-electron chi connectivity index (χ4n) is 2.89. The zero-order valence-corrected chi connectivity index (χ0v) is 11.9. The molecule has 0 bridgehead atoms. The van der Waals surface area contributed by atoms with Crippen LogP contribution in [0.1, 0.15) is 46.0 Å². The van der Waals surface area contributed by atoms with E-state index in [1.54, 1.807) is 7.11 Å². The molecule has 0 radical (unpaired) electrons. The summed E-state index contributed by atoms with van der Waals surface area (Å²) in [5.41, 5.74) is 6.43. The molecule has 102 valence electrons. The third kappa shape index (κ3) is 4.57. The van der Waals surface area contributed by atoms with E-state index in [-0.39, 0.29) is 0 Å². The van der Waals surface area contributed by atoms with Gasteiger partial charge in [-0.05, 0) is 38.6 Å². The highest BCUT2D eigenvalue weighted by Crippen LogP contribution is 2.36. The number of hydrogen-bond acceptors (Lipinski definition) is 3. The van der Waals surface area contributed by atoms with Crippen LogP contribution in [0.5, 0.6) is 0 Å². The van der Waals surface area contributed by atoms with E-state index >= 15 is 0 Å². The molecule has 0 aromatic carbocycles. The molecule has 2 N–H and O–H groups in total. The highest BCUT2D eigenvalue weighted by Gasteiger charge is 2.33. The smallest absolute Gasteiger partial charge is 0.0589 e. The van der Waals surface area contributed by atoms with Crippen molar-refractivity contribution >= 4 is 0 Å². The van der Waals surface area contributed by atoms with Gasteiger partial charge in [-0.3, -0.25) is 4.90 Å². The van der Waals surface area contributed by atoms with Crippen molar-refractivity contribution in [2.75, 3.05) is 33.4 Å². The maximum atomic E-state index is 6.06. The van der Waals surface area contributed by atoms with Crippen LogP contribution in [0.15, 0.2) is 0 Å². The molecule has 0 spiro atoms. The molecule has 0 saturated heterocycles. The summed E-state index contributed by atoms with van der Waals surface area (Å²) in [5, 5.41) is 0. The Labute approximate surface area is 107 Å². The number of nitrogens with zero attached hydrogens (tertiary/aromatic N) is 1. The van der Waals surface area contributed by atoms with Crippen molar-refractivity contribution < 1.29 is 4.74 Å². The van der Waals surface area contributed by atoms with Crippen molar-refractivity contribution in [2.45, 2.75) is 52.0 Å². The van der Waals surface area contributed by atoms with Crippen LogP contribution in [-0.2, 0) is 4.74 Å². The molecule has 0 heterocycles. The summed E-state index contributed by atoms with van der Waals surface area (Å²) in [6, 6.07) is 0.579. The van der Waals surface area contributed by atoms with Crippen LogP contribution in [0, 0.1) is 5.41 Å². The van der Waals surface area contributed by atoms with Gasteiger partial charge in [0.05, 0.1) is 6.61 Å². The third-order valence-corrected chi connectivity index (χ3v) is 4.20. The minimum Gasteiger partial charge on any atom is -0.383 e. The molecule has 1 fully saturated rings. The van der Waals surface area contributed by atoms with Gasteiger partial charge in [0.2, 0.25) is 0 Å². The topological polar surface area (TPSA) is 38.5 Å². The molecule has 0 aromatic rings. The van der Waals surface area contributed by atoms with Gasteiger partial charge in [0.15, 0.2) is 0 Å². The maximum absolute atomic E-state index is 6.06. The van der Waals surface area contributed by atoms with Crippen molar-refractivity contribution in [1.82, 2.24) is 4.90 Å². The van der Waals surface area contributed by atoms with E-state index in [0.717, 1.165) is 26.2 Å². The van der Waals surface area contributed by atoms with Crippen LogP contribution in [0.3, 0.4) is 0 Å². The first-order chi connectivity index (χ1) is 8.13. The Morgan fingerprint density at radius 1 is 1.24 bits per heavy atom. The molecule has 0 atom stereocenters. The SMILES string of the molecule is COCCN(CC1(CN)CCCCC1)C(C)C. The lowest BCUT2D eigenvalue weighted by Crippen LogP contribution is -2.47. The second kappa shape index (κ2) is 7.34. The van der Waals surface area contributed by atoms with Gasteiger partial charge in [0.1, 0.15) is 0 Å². The van der Waals surface area contributed by atoms with E-state index < -0.39 is 0 Å². The summed E-state index contributed by atoms with van der Waals surface area (Å²) in [5.74, 6) is 0. The van der Waals surface area contributed by atoms with Gasteiger partial charge in [-0.1, -0.05) is 19.3 Å². The first-order valence-electron chi connectivity index (χ1n) is 7.06. The Hall–Kier alpha value is -0.120. The largest absolute Gasteiger partial charge is 0.383 e. The van der Waals surface area contributed by atoms with E-state index in [1.807, 2.05) is 0 Å². The first kappa shape index (κ1) is 14.9. The second-order valence-electron chi connectivity index (χ2n) is 5.82. The van der Waals surface area contributed by atoms with Gasteiger partial charge in [-0.25, -0.2) is 0 Å². The van der Waals surface area contributed by atoms with Gasteiger partial charge >= 0.3 is 0 Å². The van der Waals surface area contributed by atoms with Gasteiger partial charge in [-0.15, -0.1) is 0 Å². The van der Waals surface area contributed by atoms with Crippen LogP contribution in [0.25, 0.3) is 0 Å². The fraction of sp³-hybridized carbons (Fsp3) is 1.00. The summed E-state index contributed by atoms with van der Waals surface area (Å²) >= 11 is 0. The molecule has 0 aromatic heterocycles. The Kier molecular flexibility index (Phi) is 6.45. The van der Waals surface area contributed by atoms with E-state index in [2.05, 4.69) is 18.7 Å². The number of hydrogen-bond donors (Lipinski definition) is 1. The molecule has 3 nitrogen and oxygen atoms in total. The number of ether oxygens (including phenoxy) is 1. The van der Waals surface area contributed by atoms with Crippen molar-refractivity contribution in [3.8, 4) is 0 Å². The molecule has 1 rings (SSSR count). The summed E-state index contributed by atoms with van der Waals surface area (Å²) in [6.45, 7) is 8.36. The highest BCUT2D eigenvalue weighted by atomic mass is 16.5. The maximum Gasteiger partial charge on any atom is 0.0589 e. The molecule has 0 unspecified atom stereocenters. The zero-order valence-electron chi connectivity index (χ0n) is 11.9. The molecule has 1 aliphatic rings. The number of methoxy groups -OCH3 is 1. The molecule has 17 heavy (non-hydrogen) atoms. The minimum absolute atomic E-state index is 0.371. The average molecular weight is 242 g/mol. The lowest BCUT2D eigenvalue weighted by Gasteiger charge is -2.41. The van der Waals surface area contributed by atoms with E-state index in [9.17, 15) is 0 Å². The van der Waals surface area contributed by atoms with Crippen LogP contribution >= 0.6 is 0 Å². The van der Waals surface area contributed by atoms with Crippen molar-refractivity contribution in [2.24, 2.45) is 11.1 Å². The summed E-state index contributed by atoms with van der Waals surface area (Å²) in [6.07, 6.45) is 6.71. The van der Waals surface area contributed by atoms with Crippen LogP contribution in [-0.4, -0.2) is 44.3 Å². The van der Waals surface area contributed by atoms with Gasteiger partial charge in [-0.2, -0.15) is 0 Å². The lowest BCUT2D eigenvalue weighted by atomic mass is 9.73. The van der Waals surface area contributed by atoms with Crippen molar-refractivity contribution in [3.05, 3.63) is 0 Å². The van der Waals surface area contributed by atoms with Crippen molar-refractivity contribution in [3.63, 3.8) is 0 Å². The van der Waals surface area contributed by atoms with Crippen LogP contribution < -0.4 is 5.73 Å². The molecular formula is C14H30N2O. The first-order valence-corrected chi connectivity index (χ1v) is 7.06. The highest BCUT2D eigenvalue weighted by molar-refractivity contribution is 4.87. The van der Waals surface area contributed by atoms with Crippen LogP contribution in [0.4, 0.5) is 0 Å². The van der Waals surface area contributed by atoms with Gasteiger partial charge in [0, 0.05) is 26.2 Å². The van der Waals surface area contributed by atoms with E-state index in [1.165, 1.54) is 32.1 Å². The predicted molar refractivity (Wildman–Crippen MR) is 73.2 cm³/mol. The monoisotopic (exact) mass is 242 g/mol. The van der Waals surface area contributed by atoms with Crippen molar-refractivity contribution in [1.29, 1.82) is 0 Å². The normalized spacial score (nSPS) is 20.1. The zero-order chi connectivity index (χ0) is 12.7. The molecule has 1 saturated carbocycles. The minimum atomic E-state index is 0.371. The van der Waals surface area contributed by atoms with Crippen LogP contribution in [0.2, 0.25) is 0 Å². The Bertz CT molecular complexity index is 200. The summed E-state index contributed by atoms with van der Waals surface area (Å²) in [4.78, 5) is 2.53. The second-order valence-corrected chi connectivity index (χ2v) is 5.82. The number of nitrogens with two attached hydrogens (primary N) is 1. The standard InChI is InChI=1S/C14H30N2O/c1-13(2)16(9-10-17-3)12-14(11-15)7-5-4-6-8-14/h13H,4-12,15H2,1-3H3. The third-order valence-electron chi connectivity index (χ3n) is 4.20. The average Bonchev–Trinajstić information content (AvgIpc) is 2.35. The Balaban J connectivity index is 2.55. The van der Waals surface area contributed by atoms with E-state index in [0.29, 0.717) is 11.5 Å².